The number of carbonyl (C=O) groups is 1. The lowest BCUT2D eigenvalue weighted by molar-refractivity contribution is 0.102. The average Bonchev–Trinajstić information content (AvgIpc) is 2.69. The predicted octanol–water partition coefficient (Wildman–Crippen LogP) is 3.60. The molecule has 0 atom stereocenters. The van der Waals surface area contributed by atoms with Crippen molar-refractivity contribution in [3.63, 3.8) is 0 Å². The Kier molecular flexibility index (Phi) is 6.18. The smallest absolute Gasteiger partial charge is 0.255 e. The zero-order valence-electron chi connectivity index (χ0n) is 14.9. The number of halogens is 1. The van der Waals surface area contributed by atoms with Crippen molar-refractivity contribution in [2.45, 2.75) is 11.3 Å². The van der Waals surface area contributed by atoms with Crippen LogP contribution in [0.2, 0.25) is 0 Å². The number of carbonyl (C=O) groups excluding carboxylic acids is 1. The van der Waals surface area contributed by atoms with Gasteiger partial charge in [0.2, 0.25) is 10.0 Å². The van der Waals surface area contributed by atoms with Gasteiger partial charge in [-0.1, -0.05) is 30.3 Å². The van der Waals surface area contributed by atoms with Crippen LogP contribution in [0.25, 0.3) is 0 Å². The summed E-state index contributed by atoms with van der Waals surface area (Å²) in [7, 11) is -3.64. The molecule has 2 N–H and O–H groups in total. The van der Waals surface area contributed by atoms with E-state index in [1.807, 2.05) is 30.3 Å². The zero-order chi connectivity index (χ0) is 20.0. The highest BCUT2D eigenvalue weighted by Gasteiger charge is 2.14. The molecule has 0 aromatic heterocycles. The minimum atomic E-state index is -3.64. The topological polar surface area (TPSA) is 75.3 Å². The maximum absolute atomic E-state index is 12.9. The van der Waals surface area contributed by atoms with E-state index in [0.29, 0.717) is 17.7 Å². The summed E-state index contributed by atoms with van der Waals surface area (Å²) in [5, 5.41) is 2.64. The van der Waals surface area contributed by atoms with Crippen LogP contribution >= 0.6 is 0 Å². The fourth-order valence-corrected chi connectivity index (χ4v) is 3.61. The van der Waals surface area contributed by atoms with Gasteiger partial charge >= 0.3 is 0 Å². The normalized spacial score (nSPS) is 11.2. The van der Waals surface area contributed by atoms with Gasteiger partial charge in [-0.3, -0.25) is 4.79 Å². The third-order valence-electron chi connectivity index (χ3n) is 4.08. The van der Waals surface area contributed by atoms with Gasteiger partial charge in [0.05, 0.1) is 4.90 Å². The highest BCUT2D eigenvalue weighted by Crippen LogP contribution is 2.15. The van der Waals surface area contributed by atoms with E-state index in [0.717, 1.165) is 5.56 Å². The van der Waals surface area contributed by atoms with E-state index in [1.54, 1.807) is 0 Å². The summed E-state index contributed by atoms with van der Waals surface area (Å²) in [6, 6.07) is 20.6. The first-order valence-corrected chi connectivity index (χ1v) is 10.1. The third kappa shape index (κ3) is 5.25. The summed E-state index contributed by atoms with van der Waals surface area (Å²) in [5.41, 5.74) is 1.79. The van der Waals surface area contributed by atoms with E-state index in [2.05, 4.69) is 10.0 Å². The summed E-state index contributed by atoms with van der Waals surface area (Å²) in [4.78, 5) is 12.2. The van der Waals surface area contributed by atoms with E-state index < -0.39 is 21.7 Å². The minimum absolute atomic E-state index is 0.111. The van der Waals surface area contributed by atoms with Crippen molar-refractivity contribution in [3.8, 4) is 0 Å². The molecule has 7 heteroatoms. The fourth-order valence-electron chi connectivity index (χ4n) is 2.58. The maximum Gasteiger partial charge on any atom is 0.255 e. The Morgan fingerprint density at radius 2 is 1.50 bits per heavy atom. The first-order valence-electron chi connectivity index (χ1n) is 8.65. The van der Waals surface area contributed by atoms with Crippen LogP contribution in [0.15, 0.2) is 83.8 Å². The SMILES string of the molecule is O=C(Nc1ccc(S(=O)(=O)NCCc2ccccc2)cc1)c1ccc(F)cc1. The number of hydrogen-bond acceptors (Lipinski definition) is 3. The lowest BCUT2D eigenvalue weighted by Gasteiger charge is -2.09. The van der Waals surface area contributed by atoms with Crippen LogP contribution in [0, 0.1) is 5.82 Å². The summed E-state index contributed by atoms with van der Waals surface area (Å²) in [6.45, 7) is 0.287. The molecule has 3 aromatic rings. The van der Waals surface area contributed by atoms with Crippen LogP contribution in [-0.2, 0) is 16.4 Å². The van der Waals surface area contributed by atoms with E-state index >= 15 is 0 Å². The Bertz CT molecular complexity index is 1040. The highest BCUT2D eigenvalue weighted by atomic mass is 32.2. The van der Waals surface area contributed by atoms with E-state index in [-0.39, 0.29) is 11.4 Å². The standard InChI is InChI=1S/C21H19FN2O3S/c22-18-8-6-17(7-9-18)21(25)24-19-10-12-20(13-11-19)28(26,27)23-15-14-16-4-2-1-3-5-16/h1-13,23H,14-15H2,(H,24,25). The number of sulfonamides is 1. The van der Waals surface area contributed by atoms with Crippen LogP contribution < -0.4 is 10.0 Å². The highest BCUT2D eigenvalue weighted by molar-refractivity contribution is 7.89. The van der Waals surface area contributed by atoms with Crippen molar-refractivity contribution in [2.24, 2.45) is 0 Å². The minimum Gasteiger partial charge on any atom is -0.322 e. The first kappa shape index (κ1) is 19.7. The molecular formula is C21H19FN2O3S. The third-order valence-corrected chi connectivity index (χ3v) is 5.55. The summed E-state index contributed by atoms with van der Waals surface area (Å²) in [6.07, 6.45) is 0.589. The molecule has 28 heavy (non-hydrogen) atoms. The number of rotatable bonds is 7. The molecule has 0 heterocycles. The van der Waals surface area contributed by atoms with Gasteiger partial charge < -0.3 is 5.32 Å². The Hall–Kier alpha value is -3.03. The summed E-state index contributed by atoms with van der Waals surface area (Å²) >= 11 is 0. The quantitative estimate of drug-likeness (QED) is 0.639. The molecule has 3 rings (SSSR count). The van der Waals surface area contributed by atoms with E-state index in [4.69, 9.17) is 0 Å². The molecule has 0 aliphatic rings. The Morgan fingerprint density at radius 1 is 0.857 bits per heavy atom. The molecule has 5 nitrogen and oxygen atoms in total. The molecule has 0 aliphatic heterocycles. The Balaban J connectivity index is 1.59. The van der Waals surface area contributed by atoms with E-state index in [1.165, 1.54) is 48.5 Å². The second-order valence-electron chi connectivity index (χ2n) is 6.12. The Morgan fingerprint density at radius 3 is 2.14 bits per heavy atom. The first-order chi connectivity index (χ1) is 13.4. The van der Waals surface area contributed by atoms with E-state index in [9.17, 15) is 17.6 Å². The molecule has 1 amide bonds. The number of anilines is 1. The molecule has 144 valence electrons. The van der Waals surface area contributed by atoms with Gasteiger partial charge in [-0.15, -0.1) is 0 Å². The van der Waals surface area contributed by atoms with Crippen molar-refractivity contribution in [1.29, 1.82) is 0 Å². The van der Waals surface area contributed by atoms with Gasteiger partial charge in [0.1, 0.15) is 5.82 Å². The van der Waals surface area contributed by atoms with Gasteiger partial charge in [0.25, 0.3) is 5.91 Å². The Labute approximate surface area is 163 Å². The van der Waals surface area contributed by atoms with Crippen LogP contribution in [-0.4, -0.2) is 20.9 Å². The van der Waals surface area contributed by atoms with Crippen molar-refractivity contribution in [1.82, 2.24) is 4.72 Å². The number of hydrogen-bond donors (Lipinski definition) is 2. The van der Waals surface area contributed by atoms with Crippen molar-refractivity contribution in [2.75, 3.05) is 11.9 Å². The molecular weight excluding hydrogens is 379 g/mol. The number of nitrogens with one attached hydrogen (secondary N) is 2. The molecule has 0 saturated carbocycles. The summed E-state index contributed by atoms with van der Waals surface area (Å²) < 4.78 is 40.2. The molecule has 0 aliphatic carbocycles. The van der Waals surface area contributed by atoms with Crippen LogP contribution in [0.4, 0.5) is 10.1 Å². The lowest BCUT2D eigenvalue weighted by Crippen LogP contribution is -2.26. The van der Waals surface area contributed by atoms with Gasteiger partial charge in [-0.25, -0.2) is 17.5 Å². The second kappa shape index (κ2) is 8.77. The summed E-state index contributed by atoms with van der Waals surface area (Å²) in [5.74, 6) is -0.831. The van der Waals surface area contributed by atoms with Crippen LogP contribution in [0.1, 0.15) is 15.9 Å². The van der Waals surface area contributed by atoms with Gasteiger partial charge in [0.15, 0.2) is 0 Å². The molecule has 0 saturated heterocycles. The molecule has 0 unspecified atom stereocenters. The molecule has 0 radical (unpaired) electrons. The van der Waals surface area contributed by atoms with Crippen molar-refractivity contribution in [3.05, 3.63) is 95.8 Å². The number of amides is 1. The fraction of sp³-hybridized carbons (Fsp3) is 0.0952. The monoisotopic (exact) mass is 398 g/mol. The molecule has 0 fully saturated rings. The number of benzene rings is 3. The van der Waals surface area contributed by atoms with Crippen molar-refractivity contribution < 1.29 is 17.6 Å². The molecule has 0 bridgehead atoms. The van der Waals surface area contributed by atoms with Gasteiger partial charge in [-0.05, 0) is 60.5 Å². The molecule has 0 spiro atoms. The zero-order valence-corrected chi connectivity index (χ0v) is 15.7. The van der Waals surface area contributed by atoms with Gasteiger partial charge in [0, 0.05) is 17.8 Å². The lowest BCUT2D eigenvalue weighted by atomic mass is 10.2. The predicted molar refractivity (Wildman–Crippen MR) is 106 cm³/mol. The van der Waals surface area contributed by atoms with Crippen molar-refractivity contribution >= 4 is 21.6 Å². The molecule has 3 aromatic carbocycles. The van der Waals surface area contributed by atoms with Crippen LogP contribution in [0.3, 0.4) is 0 Å². The average molecular weight is 398 g/mol. The maximum atomic E-state index is 12.9. The van der Waals surface area contributed by atoms with Crippen LogP contribution in [0.5, 0.6) is 0 Å². The second-order valence-corrected chi connectivity index (χ2v) is 7.89. The largest absolute Gasteiger partial charge is 0.322 e. The van der Waals surface area contributed by atoms with Gasteiger partial charge in [-0.2, -0.15) is 0 Å².